The van der Waals surface area contributed by atoms with Crippen LogP contribution in [0.1, 0.15) is 46.5 Å². The highest BCUT2D eigenvalue weighted by molar-refractivity contribution is 5.73. The highest BCUT2D eigenvalue weighted by atomic mass is 16.5. The summed E-state index contributed by atoms with van der Waals surface area (Å²) >= 11 is 0. The van der Waals surface area contributed by atoms with Crippen molar-refractivity contribution in [2.45, 2.75) is 58.0 Å². The Morgan fingerprint density at radius 3 is 2.23 bits per heavy atom. The molecule has 0 saturated carbocycles. The average molecular weight is 312 g/mol. The fourth-order valence-electron chi connectivity index (χ4n) is 4.04. The Balaban J connectivity index is 1.98. The van der Waals surface area contributed by atoms with E-state index < -0.39 is 5.97 Å². The number of aliphatic carboxylic acids is 1. The molecule has 5 heteroatoms. The third kappa shape index (κ3) is 4.00. The highest BCUT2D eigenvalue weighted by Crippen LogP contribution is 2.34. The van der Waals surface area contributed by atoms with E-state index in [4.69, 9.17) is 4.74 Å². The minimum Gasteiger partial charge on any atom is -0.480 e. The fraction of sp³-hybridized carbons (Fsp3) is 0.941. The molecule has 2 saturated heterocycles. The summed E-state index contributed by atoms with van der Waals surface area (Å²) in [6.45, 7) is 12.0. The fourth-order valence-corrected chi connectivity index (χ4v) is 4.04. The van der Waals surface area contributed by atoms with Crippen LogP contribution in [0.3, 0.4) is 0 Å². The monoisotopic (exact) mass is 312 g/mol. The van der Waals surface area contributed by atoms with E-state index in [1.165, 1.54) is 0 Å². The number of piperidine rings is 1. The topological polar surface area (TPSA) is 53.0 Å². The first-order valence-corrected chi connectivity index (χ1v) is 8.78. The van der Waals surface area contributed by atoms with Gasteiger partial charge in [0, 0.05) is 31.7 Å². The summed E-state index contributed by atoms with van der Waals surface area (Å²) in [7, 11) is 0. The van der Waals surface area contributed by atoms with Crippen molar-refractivity contribution < 1.29 is 14.6 Å². The molecule has 22 heavy (non-hydrogen) atoms. The van der Waals surface area contributed by atoms with Gasteiger partial charge in [-0.3, -0.25) is 14.6 Å². The van der Waals surface area contributed by atoms with Crippen LogP contribution in [0.15, 0.2) is 0 Å². The Kier molecular flexibility index (Phi) is 6.24. The van der Waals surface area contributed by atoms with E-state index in [1.54, 1.807) is 0 Å². The van der Waals surface area contributed by atoms with E-state index in [2.05, 4.69) is 30.6 Å². The van der Waals surface area contributed by atoms with Crippen molar-refractivity contribution in [3.8, 4) is 0 Å². The number of likely N-dealkylation sites (tertiary alicyclic amines) is 1. The lowest BCUT2D eigenvalue weighted by Crippen LogP contribution is -2.59. The smallest absolute Gasteiger partial charge is 0.320 e. The molecule has 2 fully saturated rings. The Morgan fingerprint density at radius 2 is 1.77 bits per heavy atom. The second-order valence-corrected chi connectivity index (χ2v) is 7.20. The molecule has 2 aliphatic rings. The molecular formula is C17H32N2O3. The number of ether oxygens (including phenoxy) is 1. The summed E-state index contributed by atoms with van der Waals surface area (Å²) in [6.07, 6.45) is 4.03. The molecular weight excluding hydrogens is 280 g/mol. The summed E-state index contributed by atoms with van der Waals surface area (Å²) in [4.78, 5) is 16.4. The number of nitrogens with zero attached hydrogens (tertiary/aromatic N) is 2. The van der Waals surface area contributed by atoms with Gasteiger partial charge in [0.25, 0.3) is 0 Å². The van der Waals surface area contributed by atoms with E-state index >= 15 is 0 Å². The Bertz CT molecular complexity index is 359. The molecule has 2 heterocycles. The Labute approximate surface area is 134 Å². The van der Waals surface area contributed by atoms with Crippen molar-refractivity contribution in [3.05, 3.63) is 0 Å². The third-order valence-corrected chi connectivity index (χ3v) is 5.49. The predicted octanol–water partition coefficient (Wildman–Crippen LogP) is 2.06. The zero-order valence-electron chi connectivity index (χ0n) is 14.4. The molecule has 0 aromatic rings. The number of carbonyl (C=O) groups is 1. The molecule has 1 atom stereocenters. The van der Waals surface area contributed by atoms with Crippen LogP contribution in [0.5, 0.6) is 0 Å². The first kappa shape index (κ1) is 17.7. The van der Waals surface area contributed by atoms with Crippen LogP contribution in [-0.2, 0) is 9.53 Å². The maximum Gasteiger partial charge on any atom is 0.320 e. The summed E-state index contributed by atoms with van der Waals surface area (Å²) < 4.78 is 5.48. The largest absolute Gasteiger partial charge is 0.480 e. The molecule has 1 unspecified atom stereocenters. The normalized spacial score (nSPS) is 25.3. The van der Waals surface area contributed by atoms with Gasteiger partial charge < -0.3 is 9.84 Å². The van der Waals surface area contributed by atoms with E-state index in [0.29, 0.717) is 5.92 Å². The van der Waals surface area contributed by atoms with Gasteiger partial charge in [-0.05, 0) is 31.6 Å². The average Bonchev–Trinajstić information content (AvgIpc) is 2.53. The second-order valence-electron chi connectivity index (χ2n) is 7.20. The first-order valence-electron chi connectivity index (χ1n) is 8.78. The van der Waals surface area contributed by atoms with Crippen molar-refractivity contribution in [2.75, 3.05) is 39.4 Å². The zero-order chi connectivity index (χ0) is 16.2. The van der Waals surface area contributed by atoms with Crippen molar-refractivity contribution in [1.82, 2.24) is 9.80 Å². The van der Waals surface area contributed by atoms with Gasteiger partial charge in [-0.2, -0.15) is 0 Å². The molecule has 0 bridgehead atoms. The number of rotatable bonds is 6. The maximum atomic E-state index is 11.6. The summed E-state index contributed by atoms with van der Waals surface area (Å²) in [5, 5.41) is 9.54. The Hall–Kier alpha value is -0.650. The van der Waals surface area contributed by atoms with Gasteiger partial charge in [0.2, 0.25) is 0 Å². The molecule has 2 rings (SSSR count). The molecule has 2 aliphatic heterocycles. The van der Waals surface area contributed by atoms with E-state index in [9.17, 15) is 9.90 Å². The van der Waals surface area contributed by atoms with E-state index in [-0.39, 0.29) is 11.6 Å². The zero-order valence-corrected chi connectivity index (χ0v) is 14.4. The molecule has 0 radical (unpaired) electrons. The summed E-state index contributed by atoms with van der Waals surface area (Å²) in [5.41, 5.74) is 0.251. The maximum absolute atomic E-state index is 11.6. The number of hydrogen-bond donors (Lipinski definition) is 1. The second kappa shape index (κ2) is 7.75. The standard InChI is InChI=1S/C17H32N2O3/c1-4-17(19-9-11-22-12-10-19)5-7-18(8-6-17)15(16(20)21)13-14(2)3/h14-15H,4-13H2,1-3H3,(H,20,21). The van der Waals surface area contributed by atoms with E-state index in [1.807, 2.05) is 0 Å². The van der Waals surface area contributed by atoms with Crippen LogP contribution in [0.4, 0.5) is 0 Å². The minimum absolute atomic E-state index is 0.251. The summed E-state index contributed by atoms with van der Waals surface area (Å²) in [5.74, 6) is -0.248. The van der Waals surface area contributed by atoms with Gasteiger partial charge >= 0.3 is 5.97 Å². The van der Waals surface area contributed by atoms with Gasteiger partial charge in [0.05, 0.1) is 13.2 Å². The lowest BCUT2D eigenvalue weighted by atomic mass is 9.82. The van der Waals surface area contributed by atoms with Gasteiger partial charge in [-0.15, -0.1) is 0 Å². The molecule has 0 aromatic carbocycles. The van der Waals surface area contributed by atoms with Gasteiger partial charge in [0.1, 0.15) is 6.04 Å². The van der Waals surface area contributed by atoms with Crippen molar-refractivity contribution in [3.63, 3.8) is 0 Å². The number of morpholine rings is 1. The number of carboxylic acids is 1. The first-order chi connectivity index (χ1) is 10.5. The van der Waals surface area contributed by atoms with E-state index in [0.717, 1.165) is 65.1 Å². The Morgan fingerprint density at radius 1 is 1.18 bits per heavy atom. The van der Waals surface area contributed by atoms with Crippen LogP contribution >= 0.6 is 0 Å². The molecule has 0 spiro atoms. The van der Waals surface area contributed by atoms with Crippen LogP contribution in [0.25, 0.3) is 0 Å². The third-order valence-electron chi connectivity index (χ3n) is 5.49. The number of hydrogen-bond acceptors (Lipinski definition) is 4. The molecule has 0 aliphatic carbocycles. The van der Waals surface area contributed by atoms with Crippen LogP contribution in [0.2, 0.25) is 0 Å². The molecule has 5 nitrogen and oxygen atoms in total. The lowest BCUT2D eigenvalue weighted by molar-refractivity contribution is -0.145. The van der Waals surface area contributed by atoms with Crippen molar-refractivity contribution in [1.29, 1.82) is 0 Å². The van der Waals surface area contributed by atoms with Gasteiger partial charge in [0.15, 0.2) is 0 Å². The quantitative estimate of drug-likeness (QED) is 0.813. The molecule has 0 amide bonds. The SMILES string of the molecule is CCC1(N2CCOCC2)CCN(C(CC(C)C)C(=O)O)CC1. The molecule has 128 valence electrons. The predicted molar refractivity (Wildman–Crippen MR) is 87.1 cm³/mol. The van der Waals surface area contributed by atoms with Crippen LogP contribution < -0.4 is 0 Å². The van der Waals surface area contributed by atoms with Gasteiger partial charge in [-0.1, -0.05) is 20.8 Å². The lowest BCUT2D eigenvalue weighted by Gasteiger charge is -2.50. The molecule has 0 aromatic heterocycles. The van der Waals surface area contributed by atoms with Crippen LogP contribution in [-0.4, -0.2) is 71.8 Å². The summed E-state index contributed by atoms with van der Waals surface area (Å²) in [6, 6.07) is -0.320. The van der Waals surface area contributed by atoms with Crippen LogP contribution in [0, 0.1) is 5.92 Å². The van der Waals surface area contributed by atoms with Crippen molar-refractivity contribution in [2.24, 2.45) is 5.92 Å². The number of carboxylic acid groups (broad SMARTS) is 1. The highest BCUT2D eigenvalue weighted by Gasteiger charge is 2.41. The minimum atomic E-state index is -0.663. The van der Waals surface area contributed by atoms with Crippen molar-refractivity contribution >= 4 is 5.97 Å². The van der Waals surface area contributed by atoms with Gasteiger partial charge in [-0.25, -0.2) is 0 Å². The molecule has 1 N–H and O–H groups in total.